The van der Waals surface area contributed by atoms with E-state index < -0.39 is 0 Å². The summed E-state index contributed by atoms with van der Waals surface area (Å²) in [5, 5.41) is 3.20. The van der Waals surface area contributed by atoms with Crippen molar-refractivity contribution in [1.29, 1.82) is 0 Å². The SMILES string of the molecule is CN(C(=O)CNc1ccccc1)C1CCN(Cc2ccccc2)CC1.Cl.Cl. The van der Waals surface area contributed by atoms with E-state index in [-0.39, 0.29) is 30.7 Å². The summed E-state index contributed by atoms with van der Waals surface area (Å²) in [6.45, 7) is 3.44. The van der Waals surface area contributed by atoms with E-state index >= 15 is 0 Å². The summed E-state index contributed by atoms with van der Waals surface area (Å²) in [4.78, 5) is 16.8. The molecule has 0 radical (unpaired) electrons. The van der Waals surface area contributed by atoms with Gasteiger partial charge in [0.2, 0.25) is 5.91 Å². The Morgan fingerprint density at radius 2 is 1.56 bits per heavy atom. The van der Waals surface area contributed by atoms with Gasteiger partial charge < -0.3 is 10.2 Å². The van der Waals surface area contributed by atoms with Crippen molar-refractivity contribution in [3.05, 3.63) is 66.2 Å². The monoisotopic (exact) mass is 409 g/mol. The average molecular weight is 410 g/mol. The maximum atomic E-state index is 12.4. The second kappa shape index (κ2) is 11.9. The predicted molar refractivity (Wildman–Crippen MR) is 117 cm³/mol. The van der Waals surface area contributed by atoms with Gasteiger partial charge in [-0.3, -0.25) is 9.69 Å². The number of nitrogens with zero attached hydrogens (tertiary/aromatic N) is 2. The van der Waals surface area contributed by atoms with Crippen LogP contribution in [-0.4, -0.2) is 48.4 Å². The third kappa shape index (κ3) is 7.06. The van der Waals surface area contributed by atoms with Gasteiger partial charge in [-0.2, -0.15) is 0 Å². The second-order valence-electron chi connectivity index (χ2n) is 6.72. The van der Waals surface area contributed by atoms with Crippen molar-refractivity contribution in [2.24, 2.45) is 0 Å². The molecule has 4 nitrogen and oxygen atoms in total. The summed E-state index contributed by atoms with van der Waals surface area (Å²) in [5.74, 6) is 0.158. The molecule has 0 spiro atoms. The summed E-state index contributed by atoms with van der Waals surface area (Å²) in [6.07, 6.45) is 2.08. The summed E-state index contributed by atoms with van der Waals surface area (Å²) < 4.78 is 0. The number of likely N-dealkylation sites (tertiary alicyclic amines) is 1. The number of hydrogen-bond donors (Lipinski definition) is 1. The normalized spacial score (nSPS) is 14.6. The van der Waals surface area contributed by atoms with Crippen LogP contribution in [0.15, 0.2) is 60.7 Å². The van der Waals surface area contributed by atoms with Gasteiger partial charge in [0.05, 0.1) is 6.54 Å². The van der Waals surface area contributed by atoms with Crippen molar-refractivity contribution in [2.75, 3.05) is 32.0 Å². The fourth-order valence-corrected chi connectivity index (χ4v) is 3.37. The first-order valence-corrected chi connectivity index (χ1v) is 9.03. The van der Waals surface area contributed by atoms with Crippen LogP contribution in [0.1, 0.15) is 18.4 Å². The summed E-state index contributed by atoms with van der Waals surface area (Å²) >= 11 is 0. The lowest BCUT2D eigenvalue weighted by atomic mass is 10.0. The number of halogens is 2. The van der Waals surface area contributed by atoms with Crippen molar-refractivity contribution < 1.29 is 4.79 Å². The molecule has 2 aromatic carbocycles. The lowest BCUT2D eigenvalue weighted by Gasteiger charge is -2.36. The molecular weight excluding hydrogens is 381 g/mol. The van der Waals surface area contributed by atoms with Gasteiger partial charge in [0.15, 0.2) is 0 Å². The number of carbonyl (C=O) groups is 1. The molecule has 0 aliphatic carbocycles. The first-order chi connectivity index (χ1) is 12.2. The maximum absolute atomic E-state index is 12.4. The van der Waals surface area contributed by atoms with Crippen molar-refractivity contribution in [3.63, 3.8) is 0 Å². The number of benzene rings is 2. The van der Waals surface area contributed by atoms with E-state index in [4.69, 9.17) is 0 Å². The van der Waals surface area contributed by atoms with Gasteiger partial charge in [0, 0.05) is 38.4 Å². The maximum Gasteiger partial charge on any atom is 0.241 e. The zero-order valence-electron chi connectivity index (χ0n) is 15.7. The summed E-state index contributed by atoms with van der Waals surface area (Å²) in [5.41, 5.74) is 2.35. The molecule has 3 rings (SSSR count). The Morgan fingerprint density at radius 1 is 1.00 bits per heavy atom. The first-order valence-electron chi connectivity index (χ1n) is 9.03. The number of anilines is 1. The van der Waals surface area contributed by atoms with Gasteiger partial charge in [0.1, 0.15) is 0 Å². The van der Waals surface area contributed by atoms with E-state index in [0.717, 1.165) is 38.2 Å². The van der Waals surface area contributed by atoms with E-state index in [1.165, 1.54) is 5.56 Å². The Bertz CT molecular complexity index is 662. The molecule has 2 aromatic rings. The molecule has 1 saturated heterocycles. The van der Waals surface area contributed by atoms with Gasteiger partial charge in [-0.15, -0.1) is 24.8 Å². The van der Waals surface area contributed by atoms with Gasteiger partial charge in [-0.1, -0.05) is 48.5 Å². The molecule has 0 unspecified atom stereocenters. The number of hydrogen-bond acceptors (Lipinski definition) is 3. The number of piperidine rings is 1. The van der Waals surface area contributed by atoms with Gasteiger partial charge in [0.25, 0.3) is 0 Å². The largest absolute Gasteiger partial charge is 0.376 e. The van der Waals surface area contributed by atoms with Crippen LogP contribution in [0, 0.1) is 0 Å². The highest BCUT2D eigenvalue weighted by Crippen LogP contribution is 2.18. The molecule has 1 amide bonds. The minimum atomic E-state index is 0. The Morgan fingerprint density at radius 3 is 2.15 bits per heavy atom. The average Bonchev–Trinajstić information content (AvgIpc) is 2.68. The van der Waals surface area contributed by atoms with E-state index in [1.807, 2.05) is 42.3 Å². The molecule has 1 aliphatic rings. The van der Waals surface area contributed by atoms with Crippen LogP contribution in [0.3, 0.4) is 0 Å². The highest BCUT2D eigenvalue weighted by Gasteiger charge is 2.25. The van der Waals surface area contributed by atoms with Gasteiger partial charge in [-0.25, -0.2) is 0 Å². The molecule has 27 heavy (non-hydrogen) atoms. The zero-order chi connectivity index (χ0) is 17.5. The molecule has 1 heterocycles. The molecular formula is C21H29Cl2N3O. The van der Waals surface area contributed by atoms with Gasteiger partial charge in [-0.05, 0) is 30.5 Å². The minimum absolute atomic E-state index is 0. The number of para-hydroxylation sites is 1. The fraction of sp³-hybridized carbons (Fsp3) is 0.381. The second-order valence-corrected chi connectivity index (χ2v) is 6.72. The molecule has 0 aromatic heterocycles. The van der Waals surface area contributed by atoms with Crippen LogP contribution in [-0.2, 0) is 11.3 Å². The van der Waals surface area contributed by atoms with E-state index in [0.29, 0.717) is 12.6 Å². The third-order valence-electron chi connectivity index (χ3n) is 4.96. The number of nitrogens with one attached hydrogen (secondary N) is 1. The Balaban J connectivity index is 0.00000182. The smallest absolute Gasteiger partial charge is 0.241 e. The van der Waals surface area contributed by atoms with Crippen LogP contribution in [0.4, 0.5) is 5.69 Å². The van der Waals surface area contributed by atoms with Crippen molar-refractivity contribution in [3.8, 4) is 0 Å². The van der Waals surface area contributed by atoms with Crippen LogP contribution < -0.4 is 5.32 Å². The number of likely N-dealkylation sites (N-methyl/N-ethyl adjacent to an activating group) is 1. The number of carbonyl (C=O) groups excluding carboxylic acids is 1. The number of rotatable bonds is 6. The van der Waals surface area contributed by atoms with Crippen molar-refractivity contribution in [1.82, 2.24) is 9.80 Å². The Hall–Kier alpha value is -1.75. The van der Waals surface area contributed by atoms with Crippen LogP contribution in [0.25, 0.3) is 0 Å². The van der Waals surface area contributed by atoms with Crippen LogP contribution in [0.2, 0.25) is 0 Å². The molecule has 1 N–H and O–H groups in total. The lowest BCUT2D eigenvalue weighted by molar-refractivity contribution is -0.130. The van der Waals surface area contributed by atoms with E-state index in [2.05, 4.69) is 40.5 Å². The summed E-state index contributed by atoms with van der Waals surface area (Å²) in [6, 6.07) is 20.8. The van der Waals surface area contributed by atoms with Crippen LogP contribution in [0.5, 0.6) is 0 Å². The molecule has 6 heteroatoms. The van der Waals surface area contributed by atoms with Crippen molar-refractivity contribution in [2.45, 2.75) is 25.4 Å². The topological polar surface area (TPSA) is 35.6 Å². The quantitative estimate of drug-likeness (QED) is 0.780. The standard InChI is InChI=1S/C21H27N3O.2ClH/c1-23(21(25)16-22-19-10-6-3-7-11-19)20-12-14-24(15-13-20)17-18-8-4-2-5-9-18;;/h2-11,20,22H,12-17H2,1H3;2*1H. The summed E-state index contributed by atoms with van der Waals surface area (Å²) in [7, 11) is 1.94. The zero-order valence-corrected chi connectivity index (χ0v) is 17.3. The third-order valence-corrected chi connectivity index (χ3v) is 4.96. The Kier molecular flexibility index (Phi) is 10.2. The minimum Gasteiger partial charge on any atom is -0.376 e. The van der Waals surface area contributed by atoms with Gasteiger partial charge >= 0.3 is 0 Å². The number of amides is 1. The molecule has 0 atom stereocenters. The lowest BCUT2D eigenvalue weighted by Crippen LogP contribution is -2.46. The molecule has 1 aliphatic heterocycles. The van der Waals surface area contributed by atoms with Crippen molar-refractivity contribution >= 4 is 36.4 Å². The molecule has 1 fully saturated rings. The highest BCUT2D eigenvalue weighted by molar-refractivity contribution is 5.85. The van der Waals surface area contributed by atoms with E-state index in [1.54, 1.807) is 0 Å². The first kappa shape index (κ1) is 23.3. The predicted octanol–water partition coefficient (Wildman–Crippen LogP) is 4.07. The Labute approximate surface area is 174 Å². The molecule has 148 valence electrons. The molecule has 0 saturated carbocycles. The van der Waals surface area contributed by atoms with E-state index in [9.17, 15) is 4.79 Å². The highest BCUT2D eigenvalue weighted by atomic mass is 35.5. The fourth-order valence-electron chi connectivity index (χ4n) is 3.37. The van der Waals surface area contributed by atoms with Crippen LogP contribution >= 0.6 is 24.8 Å². The molecule has 0 bridgehead atoms.